The topological polar surface area (TPSA) is 99.4 Å². The first-order valence-corrected chi connectivity index (χ1v) is 9.54. The number of anilines is 1. The van der Waals surface area contributed by atoms with Crippen LogP contribution in [0.2, 0.25) is 0 Å². The predicted molar refractivity (Wildman–Crippen MR) is 96.2 cm³/mol. The van der Waals surface area contributed by atoms with Crippen molar-refractivity contribution in [1.29, 1.82) is 0 Å². The Morgan fingerprint density at radius 2 is 2.28 bits per heavy atom. The van der Waals surface area contributed by atoms with Crippen molar-refractivity contribution in [2.24, 2.45) is 5.92 Å². The Bertz CT molecular complexity index is 766. The molecule has 2 heterocycles. The number of benzene rings is 1. The molecular formula is C15H18N4O4S2. The highest BCUT2D eigenvalue weighted by Gasteiger charge is 2.21. The van der Waals surface area contributed by atoms with E-state index in [4.69, 9.17) is 9.47 Å². The van der Waals surface area contributed by atoms with E-state index in [0.717, 1.165) is 21.6 Å². The quantitative estimate of drug-likeness (QED) is 0.440. The molecule has 2 aromatic rings. The largest absolute Gasteiger partial charge is 0.467 e. The van der Waals surface area contributed by atoms with Gasteiger partial charge < -0.3 is 14.8 Å². The Balaban J connectivity index is 1.72. The van der Waals surface area contributed by atoms with Crippen LogP contribution in [0.1, 0.15) is 25.0 Å². The summed E-state index contributed by atoms with van der Waals surface area (Å²) in [4.78, 5) is 10.7. The second-order valence-corrected chi connectivity index (χ2v) is 8.10. The molecule has 25 heavy (non-hydrogen) atoms. The van der Waals surface area contributed by atoms with Crippen LogP contribution in [0.15, 0.2) is 16.5 Å². The first-order chi connectivity index (χ1) is 12.0. The summed E-state index contributed by atoms with van der Waals surface area (Å²) in [6.07, 6.45) is 0. The Labute approximate surface area is 153 Å². The molecule has 0 radical (unpaired) electrons. The van der Waals surface area contributed by atoms with Crippen molar-refractivity contribution in [3.05, 3.63) is 33.4 Å². The molecule has 1 aliphatic rings. The van der Waals surface area contributed by atoms with E-state index in [0.29, 0.717) is 29.6 Å². The smallest absolute Gasteiger partial charge is 0.270 e. The average Bonchev–Trinajstić information content (AvgIpc) is 3.05. The van der Waals surface area contributed by atoms with Gasteiger partial charge in [0.1, 0.15) is 5.75 Å². The van der Waals surface area contributed by atoms with Gasteiger partial charge in [-0.25, -0.2) is 0 Å². The number of thioether (sulfide) groups is 1. The SMILES string of the molecule is CC(C)CNc1nnc(SCc2cc([N+](=O)[O-])cc3c2OCOC3)s1. The van der Waals surface area contributed by atoms with Gasteiger partial charge in [0.05, 0.1) is 11.5 Å². The van der Waals surface area contributed by atoms with E-state index in [-0.39, 0.29) is 12.5 Å². The van der Waals surface area contributed by atoms with Crippen LogP contribution in [0.4, 0.5) is 10.8 Å². The standard InChI is InChI=1S/C15H18N4O4S2/c1-9(2)5-16-14-17-18-15(25-14)24-7-11-4-12(19(20)21)3-10-6-22-8-23-13(10)11/h3-4,9H,5-8H2,1-2H3,(H,16,17). The number of nitro groups is 1. The van der Waals surface area contributed by atoms with E-state index in [2.05, 4.69) is 29.4 Å². The first-order valence-electron chi connectivity index (χ1n) is 7.74. The molecule has 134 valence electrons. The second-order valence-electron chi connectivity index (χ2n) is 5.90. The van der Waals surface area contributed by atoms with Gasteiger partial charge in [0.2, 0.25) is 5.13 Å². The lowest BCUT2D eigenvalue weighted by molar-refractivity contribution is -0.385. The van der Waals surface area contributed by atoms with Gasteiger partial charge >= 0.3 is 0 Å². The van der Waals surface area contributed by atoms with E-state index >= 15 is 0 Å². The molecule has 0 saturated heterocycles. The van der Waals surface area contributed by atoms with Gasteiger partial charge in [-0.05, 0) is 5.92 Å². The summed E-state index contributed by atoms with van der Waals surface area (Å²) in [7, 11) is 0. The molecular weight excluding hydrogens is 364 g/mol. The maximum atomic E-state index is 11.1. The Morgan fingerprint density at radius 1 is 1.44 bits per heavy atom. The fourth-order valence-corrected chi connectivity index (χ4v) is 3.99. The molecule has 3 rings (SSSR count). The maximum absolute atomic E-state index is 11.1. The number of hydrogen-bond donors (Lipinski definition) is 1. The Morgan fingerprint density at radius 3 is 3.04 bits per heavy atom. The van der Waals surface area contributed by atoms with Gasteiger partial charge in [-0.15, -0.1) is 10.2 Å². The molecule has 0 spiro atoms. The summed E-state index contributed by atoms with van der Waals surface area (Å²) >= 11 is 2.96. The van der Waals surface area contributed by atoms with E-state index in [1.165, 1.54) is 29.2 Å². The number of nitrogens with one attached hydrogen (secondary N) is 1. The number of ether oxygens (including phenoxy) is 2. The molecule has 0 bridgehead atoms. The van der Waals surface area contributed by atoms with Crippen molar-refractivity contribution in [3.63, 3.8) is 0 Å². The molecule has 0 amide bonds. The highest BCUT2D eigenvalue weighted by Crippen LogP contribution is 2.37. The van der Waals surface area contributed by atoms with Crippen molar-refractivity contribution in [3.8, 4) is 5.75 Å². The van der Waals surface area contributed by atoms with Crippen molar-refractivity contribution < 1.29 is 14.4 Å². The maximum Gasteiger partial charge on any atom is 0.270 e. The highest BCUT2D eigenvalue weighted by molar-refractivity contribution is 8.00. The number of nitrogens with zero attached hydrogens (tertiary/aromatic N) is 3. The van der Waals surface area contributed by atoms with Crippen molar-refractivity contribution in [2.45, 2.75) is 30.5 Å². The van der Waals surface area contributed by atoms with Gasteiger partial charge in [0.25, 0.3) is 5.69 Å². The number of fused-ring (bicyclic) bond motifs is 1. The van der Waals surface area contributed by atoms with Gasteiger partial charge in [0.15, 0.2) is 11.1 Å². The van der Waals surface area contributed by atoms with E-state index in [9.17, 15) is 10.1 Å². The van der Waals surface area contributed by atoms with Crippen LogP contribution in [-0.4, -0.2) is 28.5 Å². The lowest BCUT2D eigenvalue weighted by Gasteiger charge is -2.20. The molecule has 0 unspecified atom stereocenters. The molecule has 1 aromatic heterocycles. The third-order valence-electron chi connectivity index (χ3n) is 3.40. The van der Waals surface area contributed by atoms with Gasteiger partial charge in [-0.3, -0.25) is 10.1 Å². The minimum absolute atomic E-state index is 0.0417. The molecule has 0 fully saturated rings. The minimum atomic E-state index is -0.401. The van der Waals surface area contributed by atoms with Crippen LogP contribution in [0.5, 0.6) is 5.75 Å². The third-order valence-corrected chi connectivity index (χ3v) is 5.46. The first kappa shape index (κ1) is 17.9. The highest BCUT2D eigenvalue weighted by atomic mass is 32.2. The molecule has 0 aliphatic carbocycles. The summed E-state index contributed by atoms with van der Waals surface area (Å²) in [5.41, 5.74) is 1.51. The number of aromatic nitrogens is 2. The molecule has 1 aliphatic heterocycles. The lowest BCUT2D eigenvalue weighted by atomic mass is 10.1. The zero-order chi connectivity index (χ0) is 17.8. The Hall–Kier alpha value is -1.91. The van der Waals surface area contributed by atoms with Gasteiger partial charge in [-0.2, -0.15) is 0 Å². The fraction of sp³-hybridized carbons (Fsp3) is 0.467. The van der Waals surface area contributed by atoms with Crippen LogP contribution in [-0.2, 0) is 17.1 Å². The third kappa shape index (κ3) is 4.59. The average molecular weight is 382 g/mol. The van der Waals surface area contributed by atoms with Gasteiger partial charge in [-0.1, -0.05) is 36.9 Å². The van der Waals surface area contributed by atoms with Crippen LogP contribution >= 0.6 is 23.1 Å². The van der Waals surface area contributed by atoms with Crippen molar-refractivity contribution >= 4 is 33.9 Å². The second kappa shape index (κ2) is 7.98. The van der Waals surface area contributed by atoms with Crippen LogP contribution in [0.25, 0.3) is 0 Å². The zero-order valence-corrected chi connectivity index (χ0v) is 15.5. The molecule has 8 nitrogen and oxygen atoms in total. The summed E-state index contributed by atoms with van der Waals surface area (Å²) in [5.74, 6) is 1.71. The summed E-state index contributed by atoms with van der Waals surface area (Å²) in [5, 5.41) is 23.4. The normalized spacial score (nSPS) is 13.4. The monoisotopic (exact) mass is 382 g/mol. The Kier molecular flexibility index (Phi) is 5.71. The zero-order valence-electron chi connectivity index (χ0n) is 13.9. The predicted octanol–water partition coefficient (Wildman–Crippen LogP) is 3.67. The van der Waals surface area contributed by atoms with E-state index < -0.39 is 4.92 Å². The van der Waals surface area contributed by atoms with E-state index in [1.807, 2.05) is 0 Å². The number of non-ortho nitro benzene ring substituents is 1. The number of hydrogen-bond acceptors (Lipinski definition) is 9. The van der Waals surface area contributed by atoms with Gasteiger partial charge in [0, 0.05) is 35.6 Å². The summed E-state index contributed by atoms with van der Waals surface area (Å²) in [6, 6.07) is 3.05. The summed E-state index contributed by atoms with van der Waals surface area (Å²) < 4.78 is 11.6. The van der Waals surface area contributed by atoms with Crippen LogP contribution < -0.4 is 10.1 Å². The van der Waals surface area contributed by atoms with Crippen molar-refractivity contribution in [2.75, 3.05) is 18.7 Å². The molecule has 0 atom stereocenters. The molecule has 1 aromatic carbocycles. The summed E-state index contributed by atoms with van der Waals surface area (Å²) in [6.45, 7) is 5.56. The molecule has 10 heteroatoms. The van der Waals surface area contributed by atoms with Crippen LogP contribution in [0.3, 0.4) is 0 Å². The number of nitro benzene ring substituents is 1. The molecule has 1 N–H and O–H groups in total. The fourth-order valence-electron chi connectivity index (χ4n) is 2.26. The van der Waals surface area contributed by atoms with Crippen LogP contribution in [0, 0.1) is 16.0 Å². The van der Waals surface area contributed by atoms with E-state index in [1.54, 1.807) is 6.07 Å². The van der Waals surface area contributed by atoms with Crippen molar-refractivity contribution in [1.82, 2.24) is 10.2 Å². The molecule has 0 saturated carbocycles. The number of rotatable bonds is 7. The minimum Gasteiger partial charge on any atom is -0.467 e. The lowest BCUT2D eigenvalue weighted by Crippen LogP contribution is -2.13.